The zero-order valence-electron chi connectivity index (χ0n) is 17.0. The smallest absolute Gasteiger partial charge is 0.267 e. The predicted molar refractivity (Wildman–Crippen MR) is 126 cm³/mol. The van der Waals surface area contributed by atoms with Crippen molar-refractivity contribution in [1.29, 1.82) is 0 Å². The number of methoxy groups -OCH3 is 1. The number of thioether (sulfide) groups is 1. The first-order valence-electron chi connectivity index (χ1n) is 10.1. The molecule has 6 heteroatoms. The molecule has 0 saturated heterocycles. The van der Waals surface area contributed by atoms with E-state index < -0.39 is 0 Å². The molecule has 1 aliphatic rings. The first kappa shape index (κ1) is 19.4. The molecule has 0 saturated carbocycles. The summed E-state index contributed by atoms with van der Waals surface area (Å²) in [5.74, 6) is 1.69. The Bertz CT molecular complexity index is 1290. The van der Waals surface area contributed by atoms with E-state index in [4.69, 9.17) is 9.72 Å². The fourth-order valence-corrected chi connectivity index (χ4v) is 6.20. The maximum Gasteiger partial charge on any atom is 0.267 e. The van der Waals surface area contributed by atoms with Crippen LogP contribution in [-0.4, -0.2) is 22.4 Å². The highest BCUT2D eigenvalue weighted by molar-refractivity contribution is 7.99. The molecule has 2 heterocycles. The number of nitrogens with zero attached hydrogens (tertiary/aromatic N) is 2. The molecule has 0 unspecified atom stereocenters. The van der Waals surface area contributed by atoms with Crippen molar-refractivity contribution in [2.75, 3.05) is 12.9 Å². The SMILES string of the molecule is CCCSc1nc2sc3c(c2c(=O)n1-c1ccc(OC)cc1)CCc1ccccc1-3. The van der Waals surface area contributed by atoms with Gasteiger partial charge in [-0.05, 0) is 60.2 Å². The van der Waals surface area contributed by atoms with Gasteiger partial charge in [0.1, 0.15) is 10.6 Å². The normalized spacial score (nSPS) is 12.6. The molecule has 1 aliphatic carbocycles. The summed E-state index contributed by atoms with van der Waals surface area (Å²) in [6.07, 6.45) is 2.87. The van der Waals surface area contributed by atoms with E-state index in [1.807, 2.05) is 24.3 Å². The summed E-state index contributed by atoms with van der Waals surface area (Å²) in [6, 6.07) is 16.1. The van der Waals surface area contributed by atoms with Gasteiger partial charge < -0.3 is 4.74 Å². The third-order valence-corrected chi connectivity index (χ3v) is 7.77. The van der Waals surface area contributed by atoms with E-state index in [9.17, 15) is 4.79 Å². The molecule has 0 radical (unpaired) electrons. The van der Waals surface area contributed by atoms with E-state index in [0.717, 1.165) is 57.4 Å². The number of fused-ring (bicyclic) bond motifs is 5. The van der Waals surface area contributed by atoms with Crippen molar-refractivity contribution in [3.05, 3.63) is 70.0 Å². The number of hydrogen-bond acceptors (Lipinski definition) is 5. The van der Waals surface area contributed by atoms with Gasteiger partial charge in [-0.25, -0.2) is 4.98 Å². The van der Waals surface area contributed by atoms with Crippen molar-refractivity contribution in [2.45, 2.75) is 31.3 Å². The van der Waals surface area contributed by atoms with Crippen LogP contribution in [0.25, 0.3) is 26.3 Å². The van der Waals surface area contributed by atoms with Crippen LogP contribution in [0.1, 0.15) is 24.5 Å². The largest absolute Gasteiger partial charge is 0.497 e. The molecule has 0 amide bonds. The molecule has 30 heavy (non-hydrogen) atoms. The maximum absolute atomic E-state index is 13.8. The van der Waals surface area contributed by atoms with Gasteiger partial charge in [0.25, 0.3) is 5.56 Å². The molecule has 0 fully saturated rings. The highest BCUT2D eigenvalue weighted by atomic mass is 32.2. The Morgan fingerprint density at radius 1 is 1.13 bits per heavy atom. The van der Waals surface area contributed by atoms with Crippen LogP contribution in [0.5, 0.6) is 5.75 Å². The molecule has 4 nitrogen and oxygen atoms in total. The Balaban J connectivity index is 1.77. The summed E-state index contributed by atoms with van der Waals surface area (Å²) in [5.41, 5.74) is 4.61. The average molecular weight is 435 g/mol. The molecular weight excluding hydrogens is 412 g/mol. The average Bonchev–Trinajstić information content (AvgIpc) is 3.17. The summed E-state index contributed by atoms with van der Waals surface area (Å²) in [6.45, 7) is 2.14. The van der Waals surface area contributed by atoms with Crippen LogP contribution in [0, 0.1) is 0 Å². The van der Waals surface area contributed by atoms with Crippen molar-refractivity contribution in [2.24, 2.45) is 0 Å². The summed E-state index contributed by atoms with van der Waals surface area (Å²) in [4.78, 5) is 20.8. The monoisotopic (exact) mass is 434 g/mol. The lowest BCUT2D eigenvalue weighted by Crippen LogP contribution is -2.22. The number of aryl methyl sites for hydroxylation is 2. The van der Waals surface area contributed by atoms with E-state index in [0.29, 0.717) is 0 Å². The fourth-order valence-electron chi connectivity index (χ4n) is 4.01. The molecule has 2 aromatic carbocycles. The number of thiophene rings is 1. The van der Waals surface area contributed by atoms with Gasteiger partial charge >= 0.3 is 0 Å². The predicted octanol–water partition coefficient (Wildman–Crippen LogP) is 5.72. The van der Waals surface area contributed by atoms with Crippen molar-refractivity contribution < 1.29 is 4.74 Å². The van der Waals surface area contributed by atoms with E-state index in [-0.39, 0.29) is 5.56 Å². The second kappa shape index (κ2) is 7.93. The van der Waals surface area contributed by atoms with E-state index >= 15 is 0 Å². The minimum Gasteiger partial charge on any atom is -0.497 e. The third-order valence-electron chi connectivity index (χ3n) is 5.47. The lowest BCUT2D eigenvalue weighted by atomic mass is 9.90. The van der Waals surface area contributed by atoms with Gasteiger partial charge in [0.05, 0.1) is 18.2 Å². The van der Waals surface area contributed by atoms with Gasteiger partial charge in [0.2, 0.25) is 0 Å². The van der Waals surface area contributed by atoms with Crippen LogP contribution in [-0.2, 0) is 12.8 Å². The van der Waals surface area contributed by atoms with E-state index in [1.165, 1.54) is 16.0 Å². The molecule has 0 spiro atoms. The summed E-state index contributed by atoms with van der Waals surface area (Å²) < 4.78 is 7.06. The number of ether oxygens (including phenoxy) is 1. The van der Waals surface area contributed by atoms with Crippen LogP contribution < -0.4 is 10.3 Å². The van der Waals surface area contributed by atoms with Gasteiger partial charge in [-0.1, -0.05) is 43.0 Å². The third kappa shape index (κ3) is 3.15. The molecule has 152 valence electrons. The Kier molecular flexibility index (Phi) is 5.13. The molecule has 4 aromatic rings. The van der Waals surface area contributed by atoms with Gasteiger partial charge in [0.15, 0.2) is 5.16 Å². The van der Waals surface area contributed by atoms with E-state index in [2.05, 4.69) is 31.2 Å². The molecule has 5 rings (SSSR count). The van der Waals surface area contributed by atoms with Crippen LogP contribution in [0.4, 0.5) is 0 Å². The first-order valence-corrected chi connectivity index (χ1v) is 12.0. The van der Waals surface area contributed by atoms with Gasteiger partial charge in [-0.2, -0.15) is 0 Å². The Labute approximate surface area is 183 Å². The van der Waals surface area contributed by atoms with Crippen LogP contribution in [0.15, 0.2) is 58.5 Å². The minimum atomic E-state index is 0.0284. The molecule has 0 aliphatic heterocycles. The Hall–Kier alpha value is -2.57. The molecule has 0 N–H and O–H groups in total. The highest BCUT2D eigenvalue weighted by Crippen LogP contribution is 2.42. The molecule has 2 aromatic heterocycles. The minimum absolute atomic E-state index is 0.0284. The molecular formula is C24H22N2O2S2. The van der Waals surface area contributed by atoms with Gasteiger partial charge in [-0.15, -0.1) is 11.3 Å². The topological polar surface area (TPSA) is 44.1 Å². The second-order valence-electron chi connectivity index (χ2n) is 7.33. The number of aromatic nitrogens is 2. The standard InChI is InChI=1S/C24H22N2O2S2/c1-3-14-29-24-25-22-20(23(27)26(24)16-9-11-17(28-2)12-10-16)19-13-8-15-6-4-5-7-18(15)21(19)30-22/h4-7,9-12H,3,8,13-14H2,1-2H3. The number of benzene rings is 2. The molecule has 0 atom stereocenters. The number of rotatable bonds is 5. The second-order valence-corrected chi connectivity index (χ2v) is 9.39. The van der Waals surface area contributed by atoms with Crippen LogP contribution >= 0.6 is 23.1 Å². The van der Waals surface area contributed by atoms with Gasteiger partial charge in [-0.3, -0.25) is 9.36 Å². The highest BCUT2D eigenvalue weighted by Gasteiger charge is 2.25. The lowest BCUT2D eigenvalue weighted by Gasteiger charge is -2.16. The quantitative estimate of drug-likeness (QED) is 0.297. The van der Waals surface area contributed by atoms with Crippen molar-refractivity contribution in [3.63, 3.8) is 0 Å². The van der Waals surface area contributed by atoms with Crippen LogP contribution in [0.3, 0.4) is 0 Å². The molecule has 0 bridgehead atoms. The van der Waals surface area contributed by atoms with Crippen LogP contribution in [0.2, 0.25) is 0 Å². The summed E-state index contributed by atoms with van der Waals surface area (Å²) in [5, 5.41) is 1.53. The zero-order valence-corrected chi connectivity index (χ0v) is 18.6. The first-order chi connectivity index (χ1) is 14.7. The summed E-state index contributed by atoms with van der Waals surface area (Å²) in [7, 11) is 1.65. The van der Waals surface area contributed by atoms with Crippen molar-refractivity contribution in [3.8, 4) is 21.9 Å². The van der Waals surface area contributed by atoms with Gasteiger partial charge in [0, 0.05) is 10.6 Å². The van der Waals surface area contributed by atoms with Crippen molar-refractivity contribution >= 4 is 33.3 Å². The zero-order chi connectivity index (χ0) is 20.7. The number of hydrogen-bond donors (Lipinski definition) is 0. The maximum atomic E-state index is 13.8. The Morgan fingerprint density at radius 2 is 1.93 bits per heavy atom. The van der Waals surface area contributed by atoms with Crippen molar-refractivity contribution in [1.82, 2.24) is 9.55 Å². The fraction of sp³-hybridized carbons (Fsp3) is 0.250. The Morgan fingerprint density at radius 3 is 2.70 bits per heavy atom. The van der Waals surface area contributed by atoms with E-state index in [1.54, 1.807) is 34.8 Å². The lowest BCUT2D eigenvalue weighted by molar-refractivity contribution is 0.414. The summed E-state index contributed by atoms with van der Waals surface area (Å²) >= 11 is 3.30.